The number of anilines is 6. The van der Waals surface area contributed by atoms with Crippen LogP contribution in [0.15, 0.2) is 192 Å². The maximum absolute atomic E-state index is 2.57. The van der Waals surface area contributed by atoms with Gasteiger partial charge in [-0.15, -0.1) is 0 Å². The number of nitrogens with zero attached hydrogens (tertiary/aromatic N) is 2. The van der Waals surface area contributed by atoms with Crippen molar-refractivity contribution in [3.63, 3.8) is 0 Å². The number of fused-ring (bicyclic) bond motifs is 8. The summed E-state index contributed by atoms with van der Waals surface area (Å²) in [5.74, 6) is 0. The largest absolute Gasteiger partial charge is 0.312 e. The van der Waals surface area contributed by atoms with Crippen LogP contribution in [0.25, 0.3) is 10.8 Å². The van der Waals surface area contributed by atoms with Gasteiger partial charge in [0, 0.05) is 43.6 Å². The van der Waals surface area contributed by atoms with Gasteiger partial charge in [-0.1, -0.05) is 162 Å². The summed E-state index contributed by atoms with van der Waals surface area (Å²) in [4.78, 5) is 7.78. The monoisotopic (exact) mass is 664 g/mol. The molecule has 3 heterocycles. The van der Waals surface area contributed by atoms with Crippen molar-refractivity contribution in [1.29, 1.82) is 0 Å². The zero-order valence-corrected chi connectivity index (χ0v) is 28.6. The molecule has 0 aliphatic carbocycles. The van der Waals surface area contributed by atoms with Crippen LogP contribution in [-0.4, -0.2) is 13.4 Å². The molecule has 236 valence electrons. The zero-order valence-electron chi connectivity index (χ0n) is 27.8. The van der Waals surface area contributed by atoms with Gasteiger partial charge in [0.1, 0.15) is 0 Å². The van der Waals surface area contributed by atoms with Crippen LogP contribution >= 0.6 is 11.8 Å². The minimum absolute atomic E-state index is 0.0169. The maximum Gasteiger partial charge on any atom is 0.249 e. The van der Waals surface area contributed by atoms with Gasteiger partial charge in [-0.05, 0) is 69.7 Å². The Labute approximate surface area is 303 Å². The molecular weight excluding hydrogens is 634 g/mol. The lowest BCUT2D eigenvalue weighted by atomic mass is 9.31. The summed E-state index contributed by atoms with van der Waals surface area (Å²) >= 11 is 1.92. The third kappa shape index (κ3) is 4.22. The molecule has 0 fully saturated rings. The molecule has 0 unspecified atom stereocenters. The second kappa shape index (κ2) is 11.3. The molecule has 0 saturated carbocycles. The Morgan fingerprint density at radius 2 is 0.980 bits per heavy atom. The highest BCUT2D eigenvalue weighted by Crippen LogP contribution is 2.47. The van der Waals surface area contributed by atoms with Crippen molar-refractivity contribution >= 4 is 103 Å². The lowest BCUT2D eigenvalue weighted by molar-refractivity contribution is 1.24. The van der Waals surface area contributed by atoms with Crippen molar-refractivity contribution < 1.29 is 0 Å². The minimum Gasteiger partial charge on any atom is -0.312 e. The average Bonchev–Trinajstić information content (AvgIpc) is 3.20. The predicted molar refractivity (Wildman–Crippen MR) is 220 cm³/mol. The zero-order chi connectivity index (χ0) is 33.5. The summed E-state index contributed by atoms with van der Waals surface area (Å²) in [5, 5.41) is 2.48. The van der Waals surface area contributed by atoms with Crippen LogP contribution < -0.4 is 42.6 Å². The molecule has 11 rings (SSSR count). The summed E-state index contributed by atoms with van der Waals surface area (Å²) < 4.78 is 0. The summed E-state index contributed by atoms with van der Waals surface area (Å²) in [6.45, 7) is 0.136. The first-order chi connectivity index (χ1) is 25.3. The van der Waals surface area contributed by atoms with E-state index in [-0.39, 0.29) is 13.4 Å². The van der Waals surface area contributed by atoms with Crippen LogP contribution in [0.4, 0.5) is 34.1 Å². The van der Waals surface area contributed by atoms with Gasteiger partial charge in [-0.2, -0.15) is 0 Å². The fourth-order valence-corrected chi connectivity index (χ4v) is 10.1. The van der Waals surface area contributed by atoms with Crippen molar-refractivity contribution in [1.82, 2.24) is 0 Å². The molecule has 0 spiro atoms. The molecule has 0 atom stereocenters. The van der Waals surface area contributed by atoms with E-state index in [4.69, 9.17) is 0 Å². The van der Waals surface area contributed by atoms with Gasteiger partial charge in [-0.25, -0.2) is 0 Å². The quantitative estimate of drug-likeness (QED) is 0.178. The molecule has 3 aliphatic heterocycles. The molecule has 3 aliphatic rings. The van der Waals surface area contributed by atoms with Gasteiger partial charge < -0.3 is 9.80 Å². The van der Waals surface area contributed by atoms with Crippen molar-refractivity contribution in [3.8, 4) is 0 Å². The number of benzene rings is 8. The van der Waals surface area contributed by atoms with Crippen LogP contribution in [-0.2, 0) is 0 Å². The van der Waals surface area contributed by atoms with E-state index in [1.807, 2.05) is 11.8 Å². The molecule has 0 N–H and O–H groups in total. The SMILES string of the molecule is c1ccc(B2c3ccccc3N(c3cccc4ccccc34)c3cc4c5c(c32)N(c2ccccc2)c2ccccc2B5c2ccccc2S4)cc1. The predicted octanol–water partition coefficient (Wildman–Crippen LogP) is 7.90. The van der Waals surface area contributed by atoms with E-state index in [0.29, 0.717) is 0 Å². The van der Waals surface area contributed by atoms with E-state index in [2.05, 4.69) is 192 Å². The average molecular weight is 664 g/mol. The second-order valence-electron chi connectivity index (χ2n) is 13.6. The Kier molecular flexibility index (Phi) is 6.41. The fourth-order valence-electron chi connectivity index (χ4n) is 8.92. The highest BCUT2D eigenvalue weighted by atomic mass is 32.2. The van der Waals surface area contributed by atoms with E-state index in [1.54, 1.807) is 0 Å². The van der Waals surface area contributed by atoms with Crippen LogP contribution in [0.2, 0.25) is 0 Å². The number of hydrogen-bond donors (Lipinski definition) is 0. The number of para-hydroxylation sites is 3. The number of hydrogen-bond acceptors (Lipinski definition) is 3. The molecule has 5 heteroatoms. The first-order valence-electron chi connectivity index (χ1n) is 17.7. The van der Waals surface area contributed by atoms with Crippen LogP contribution in [0.3, 0.4) is 0 Å². The molecule has 8 aromatic carbocycles. The molecule has 0 radical (unpaired) electrons. The van der Waals surface area contributed by atoms with Crippen molar-refractivity contribution in [2.75, 3.05) is 9.80 Å². The smallest absolute Gasteiger partial charge is 0.249 e. The van der Waals surface area contributed by atoms with E-state index in [9.17, 15) is 0 Å². The van der Waals surface area contributed by atoms with Gasteiger partial charge in [0.25, 0.3) is 0 Å². The Hall–Kier alpha value is -5.90. The molecule has 0 amide bonds. The fraction of sp³-hybridized carbons (Fsp3) is 0. The Balaban J connectivity index is 1.33. The topological polar surface area (TPSA) is 6.48 Å². The normalized spacial score (nSPS) is 13.6. The third-order valence-corrected chi connectivity index (χ3v) is 12.1. The van der Waals surface area contributed by atoms with E-state index in [0.717, 1.165) is 0 Å². The van der Waals surface area contributed by atoms with Gasteiger partial charge in [-0.3, -0.25) is 0 Å². The highest BCUT2D eigenvalue weighted by Gasteiger charge is 2.47. The second-order valence-corrected chi connectivity index (χ2v) is 14.7. The van der Waals surface area contributed by atoms with Gasteiger partial charge >= 0.3 is 0 Å². The molecule has 0 saturated heterocycles. The van der Waals surface area contributed by atoms with Crippen LogP contribution in [0.5, 0.6) is 0 Å². The molecule has 8 aromatic rings. The van der Waals surface area contributed by atoms with Crippen molar-refractivity contribution in [2.45, 2.75) is 9.79 Å². The van der Waals surface area contributed by atoms with E-state index >= 15 is 0 Å². The summed E-state index contributed by atoms with van der Waals surface area (Å²) in [6, 6.07) is 67.4. The molecule has 0 bridgehead atoms. The lowest BCUT2D eigenvalue weighted by Crippen LogP contribution is -2.65. The Morgan fingerprint density at radius 3 is 1.78 bits per heavy atom. The van der Waals surface area contributed by atoms with Gasteiger partial charge in [0.05, 0.1) is 5.69 Å². The number of rotatable bonds is 3. The Morgan fingerprint density at radius 1 is 0.392 bits per heavy atom. The van der Waals surface area contributed by atoms with Crippen molar-refractivity contribution in [2.24, 2.45) is 0 Å². The summed E-state index contributed by atoms with van der Waals surface area (Å²) in [7, 11) is 0. The molecule has 2 nitrogen and oxygen atoms in total. The van der Waals surface area contributed by atoms with Crippen LogP contribution in [0.1, 0.15) is 0 Å². The van der Waals surface area contributed by atoms with Gasteiger partial charge in [0.2, 0.25) is 13.4 Å². The van der Waals surface area contributed by atoms with Crippen molar-refractivity contribution in [3.05, 3.63) is 182 Å². The van der Waals surface area contributed by atoms with E-state index in [1.165, 1.54) is 87.5 Å². The molecule has 51 heavy (non-hydrogen) atoms. The molecular formula is C46H30B2N2S. The first kappa shape index (κ1) is 28.9. The van der Waals surface area contributed by atoms with Crippen LogP contribution in [0, 0.1) is 0 Å². The third-order valence-electron chi connectivity index (χ3n) is 10.9. The standard InChI is InChI=1S/C46H30B2N2S/c1-3-18-32(19-4-1)47-35-23-9-13-27-40(35)50(38-28-15-17-31-16-7-8-22-34(31)38)41-30-43-45-46(44(41)47)49(33-20-5-2-6-21-33)39-26-12-10-24-36(39)48(45)37-25-11-14-29-42(37)51-43/h1-30H. The Bertz CT molecular complexity index is 2660. The molecule has 0 aromatic heterocycles. The first-order valence-corrected chi connectivity index (χ1v) is 18.5. The highest BCUT2D eigenvalue weighted by molar-refractivity contribution is 8.00. The minimum atomic E-state index is 0.0169. The maximum atomic E-state index is 2.57. The van der Waals surface area contributed by atoms with Gasteiger partial charge in [0.15, 0.2) is 0 Å². The van der Waals surface area contributed by atoms with E-state index < -0.39 is 0 Å². The summed E-state index contributed by atoms with van der Waals surface area (Å²) in [6.07, 6.45) is 0. The lowest BCUT2D eigenvalue weighted by Gasteiger charge is -2.46. The summed E-state index contributed by atoms with van der Waals surface area (Å²) in [5.41, 5.74) is 15.5.